The highest BCUT2D eigenvalue weighted by Gasteiger charge is 2.42. The molecule has 1 aromatic carbocycles. The van der Waals surface area contributed by atoms with Crippen LogP contribution in [0.15, 0.2) is 29.8 Å². The van der Waals surface area contributed by atoms with Crippen LogP contribution in [-0.4, -0.2) is 62.5 Å². The number of hydrogen-bond acceptors (Lipinski definition) is 7. The summed E-state index contributed by atoms with van der Waals surface area (Å²) in [7, 11) is -1.60. The summed E-state index contributed by atoms with van der Waals surface area (Å²) in [4.78, 5) is 26.4. The summed E-state index contributed by atoms with van der Waals surface area (Å²) in [5.74, 6) is -0.666. The third kappa shape index (κ3) is 5.35. The third-order valence-corrected chi connectivity index (χ3v) is 6.67. The van der Waals surface area contributed by atoms with Crippen molar-refractivity contribution in [1.29, 1.82) is 5.26 Å². The fraction of sp³-hybridized carbons (Fsp3) is 0.450. The Balaban J connectivity index is 1.62. The molecule has 1 aromatic rings. The van der Waals surface area contributed by atoms with Crippen LogP contribution in [0.2, 0.25) is 0 Å². The first-order valence-electron chi connectivity index (χ1n) is 9.27. The van der Waals surface area contributed by atoms with Crippen molar-refractivity contribution in [3.05, 3.63) is 35.4 Å². The Morgan fingerprint density at radius 2 is 1.90 bits per heavy atom. The van der Waals surface area contributed by atoms with Gasteiger partial charge >= 0.3 is 5.97 Å². The van der Waals surface area contributed by atoms with E-state index in [1.807, 2.05) is 0 Å². The first-order chi connectivity index (χ1) is 13.8. The number of carbonyl (C=O) groups excluding carboxylic acids is 2. The molecule has 0 N–H and O–H groups in total. The van der Waals surface area contributed by atoms with Gasteiger partial charge in [0.2, 0.25) is 0 Å². The van der Waals surface area contributed by atoms with Crippen LogP contribution in [0.5, 0.6) is 5.75 Å². The minimum absolute atomic E-state index is 0.00443. The minimum atomic E-state index is -3.13. The monoisotopic (exact) mass is 418 g/mol. The maximum atomic E-state index is 12.6. The highest BCUT2D eigenvalue weighted by atomic mass is 32.2. The predicted octanol–water partition coefficient (Wildman–Crippen LogP) is 1.32. The SMILES string of the molecule is COc1ccc(/C=C(\C#N)C(=O)OCC(=O)N(C2CC2)[C@@H]2CCS(=O)(=O)C2)cc1. The number of sulfone groups is 1. The lowest BCUT2D eigenvalue weighted by molar-refractivity contribution is -0.150. The Bertz CT molecular complexity index is 958. The van der Waals surface area contributed by atoms with Crippen LogP contribution in [0, 0.1) is 11.3 Å². The quantitative estimate of drug-likeness (QED) is 0.373. The molecule has 0 bridgehead atoms. The van der Waals surface area contributed by atoms with Gasteiger partial charge in [-0.2, -0.15) is 5.26 Å². The van der Waals surface area contributed by atoms with Gasteiger partial charge in [-0.1, -0.05) is 12.1 Å². The van der Waals surface area contributed by atoms with E-state index >= 15 is 0 Å². The van der Waals surface area contributed by atoms with E-state index in [0.717, 1.165) is 12.8 Å². The molecule has 154 valence electrons. The molecule has 1 amide bonds. The average Bonchev–Trinajstić information content (AvgIpc) is 3.47. The van der Waals surface area contributed by atoms with Gasteiger partial charge in [-0.25, -0.2) is 13.2 Å². The van der Waals surface area contributed by atoms with Crippen LogP contribution >= 0.6 is 0 Å². The molecule has 8 nitrogen and oxygen atoms in total. The van der Waals surface area contributed by atoms with E-state index in [1.165, 1.54) is 13.2 Å². The first kappa shape index (κ1) is 20.9. The molecule has 0 spiro atoms. The number of esters is 1. The van der Waals surface area contributed by atoms with Gasteiger partial charge < -0.3 is 14.4 Å². The van der Waals surface area contributed by atoms with Crippen molar-refractivity contribution in [3.8, 4) is 11.8 Å². The zero-order chi connectivity index (χ0) is 21.0. The fourth-order valence-electron chi connectivity index (χ4n) is 3.34. The van der Waals surface area contributed by atoms with Gasteiger partial charge in [0, 0.05) is 12.1 Å². The van der Waals surface area contributed by atoms with Crippen molar-refractivity contribution in [1.82, 2.24) is 4.90 Å². The van der Waals surface area contributed by atoms with Crippen LogP contribution in [0.1, 0.15) is 24.8 Å². The molecule has 2 fully saturated rings. The number of nitrogens with zero attached hydrogens (tertiary/aromatic N) is 2. The molecule has 1 aliphatic carbocycles. The van der Waals surface area contributed by atoms with Crippen LogP contribution in [0.3, 0.4) is 0 Å². The topological polar surface area (TPSA) is 114 Å². The normalized spacial score (nSPS) is 20.6. The molecule has 0 radical (unpaired) electrons. The largest absolute Gasteiger partial charge is 0.497 e. The Labute approximate surface area is 169 Å². The Morgan fingerprint density at radius 1 is 1.21 bits per heavy atom. The fourth-order valence-corrected chi connectivity index (χ4v) is 5.05. The zero-order valence-electron chi connectivity index (χ0n) is 16.0. The van der Waals surface area contributed by atoms with Crippen molar-refractivity contribution in [3.63, 3.8) is 0 Å². The Morgan fingerprint density at radius 3 is 2.41 bits per heavy atom. The zero-order valence-corrected chi connectivity index (χ0v) is 16.9. The molecule has 0 aromatic heterocycles. The molecule has 29 heavy (non-hydrogen) atoms. The summed E-state index contributed by atoms with van der Waals surface area (Å²) >= 11 is 0. The van der Waals surface area contributed by atoms with Gasteiger partial charge in [0.1, 0.15) is 17.4 Å². The van der Waals surface area contributed by atoms with Gasteiger partial charge in [0.05, 0.1) is 18.6 Å². The van der Waals surface area contributed by atoms with Crippen molar-refractivity contribution in [2.75, 3.05) is 25.2 Å². The lowest BCUT2D eigenvalue weighted by Crippen LogP contribution is -2.44. The molecule has 2 aliphatic rings. The van der Waals surface area contributed by atoms with Crippen molar-refractivity contribution >= 4 is 27.8 Å². The summed E-state index contributed by atoms with van der Waals surface area (Å²) in [6.07, 6.45) is 3.40. The van der Waals surface area contributed by atoms with E-state index in [1.54, 1.807) is 35.2 Å². The van der Waals surface area contributed by atoms with Crippen molar-refractivity contribution in [2.24, 2.45) is 0 Å². The smallest absolute Gasteiger partial charge is 0.349 e. The van der Waals surface area contributed by atoms with E-state index in [2.05, 4.69) is 0 Å². The summed E-state index contributed by atoms with van der Waals surface area (Å²) in [6, 6.07) is 8.17. The van der Waals surface area contributed by atoms with E-state index in [0.29, 0.717) is 17.7 Å². The third-order valence-electron chi connectivity index (χ3n) is 4.92. The minimum Gasteiger partial charge on any atom is -0.497 e. The molecule has 1 saturated heterocycles. The highest BCUT2D eigenvalue weighted by Crippen LogP contribution is 2.32. The maximum Gasteiger partial charge on any atom is 0.349 e. The number of amides is 1. The molecule has 1 heterocycles. The first-order valence-corrected chi connectivity index (χ1v) is 11.1. The summed E-state index contributed by atoms with van der Waals surface area (Å²) in [6.45, 7) is -0.520. The Hall–Kier alpha value is -2.86. The summed E-state index contributed by atoms with van der Waals surface area (Å²) in [5.41, 5.74) is 0.380. The molecule has 9 heteroatoms. The molecule has 0 unspecified atom stereocenters. The molecule has 1 saturated carbocycles. The second kappa shape index (κ2) is 8.66. The molecular formula is C20H22N2O6S. The van der Waals surface area contributed by atoms with Crippen LogP contribution in [-0.2, 0) is 24.2 Å². The number of ether oxygens (including phenoxy) is 2. The van der Waals surface area contributed by atoms with Gasteiger partial charge in [-0.3, -0.25) is 4.79 Å². The number of hydrogen-bond donors (Lipinski definition) is 0. The van der Waals surface area contributed by atoms with Gasteiger partial charge in [-0.05, 0) is 43.0 Å². The van der Waals surface area contributed by atoms with Crippen molar-refractivity contribution in [2.45, 2.75) is 31.3 Å². The number of nitriles is 1. The molecular weight excluding hydrogens is 396 g/mol. The van der Waals surface area contributed by atoms with Gasteiger partial charge in [0.15, 0.2) is 16.4 Å². The van der Waals surface area contributed by atoms with Crippen LogP contribution in [0.4, 0.5) is 0 Å². The molecule has 3 rings (SSSR count). The Kier molecular flexibility index (Phi) is 6.23. The lowest BCUT2D eigenvalue weighted by atomic mass is 10.1. The predicted molar refractivity (Wildman–Crippen MR) is 104 cm³/mol. The van der Waals surface area contributed by atoms with E-state index in [-0.39, 0.29) is 29.2 Å². The molecule has 1 aliphatic heterocycles. The van der Waals surface area contributed by atoms with Gasteiger partial charge in [-0.15, -0.1) is 0 Å². The number of benzene rings is 1. The number of methoxy groups -OCH3 is 1. The standard InChI is InChI=1S/C20H22N2O6S/c1-27-18-6-2-14(3-7-18)10-15(11-21)20(24)28-12-19(23)22(16-4-5-16)17-8-9-29(25,26)13-17/h2-3,6-7,10,16-17H,4-5,8-9,12-13H2,1H3/b15-10+/t17-/m1/s1. The molecule has 1 atom stereocenters. The highest BCUT2D eigenvalue weighted by molar-refractivity contribution is 7.91. The second-order valence-electron chi connectivity index (χ2n) is 7.11. The summed E-state index contributed by atoms with van der Waals surface area (Å²) < 4.78 is 33.6. The van der Waals surface area contributed by atoms with Crippen molar-refractivity contribution < 1.29 is 27.5 Å². The average molecular weight is 418 g/mol. The number of rotatable bonds is 7. The van der Waals surface area contributed by atoms with Gasteiger partial charge in [0.25, 0.3) is 5.91 Å². The second-order valence-corrected chi connectivity index (χ2v) is 9.34. The van der Waals surface area contributed by atoms with E-state index < -0.39 is 28.3 Å². The van der Waals surface area contributed by atoms with Crippen LogP contribution in [0.25, 0.3) is 6.08 Å². The maximum absolute atomic E-state index is 12.6. The lowest BCUT2D eigenvalue weighted by Gasteiger charge is -2.28. The van der Waals surface area contributed by atoms with E-state index in [9.17, 15) is 23.3 Å². The van der Waals surface area contributed by atoms with Crippen LogP contribution < -0.4 is 4.74 Å². The number of carbonyl (C=O) groups is 2. The van der Waals surface area contributed by atoms with E-state index in [4.69, 9.17) is 9.47 Å². The summed E-state index contributed by atoms with van der Waals surface area (Å²) in [5, 5.41) is 9.26.